The lowest BCUT2D eigenvalue weighted by Gasteiger charge is -2.39. The highest BCUT2D eigenvalue weighted by Crippen LogP contribution is 2.37. The van der Waals surface area contributed by atoms with E-state index in [4.69, 9.17) is 11.6 Å². The Morgan fingerprint density at radius 2 is 2.17 bits per heavy atom. The second-order valence-corrected chi connectivity index (χ2v) is 6.57. The van der Waals surface area contributed by atoms with Gasteiger partial charge in [-0.05, 0) is 66.1 Å². The molecule has 1 aromatic rings. The van der Waals surface area contributed by atoms with Crippen LogP contribution in [0, 0.1) is 12.8 Å². The van der Waals surface area contributed by atoms with E-state index < -0.39 is 0 Å². The fourth-order valence-electron chi connectivity index (χ4n) is 2.49. The molecular weight excluding hydrogens is 312 g/mol. The van der Waals surface area contributed by atoms with E-state index >= 15 is 0 Å². The Balaban J connectivity index is 2.17. The quantitative estimate of drug-likeness (QED) is 0.808. The van der Waals surface area contributed by atoms with Crippen LogP contribution in [0.1, 0.15) is 38.2 Å². The second kappa shape index (κ2) is 5.79. The zero-order valence-electron chi connectivity index (χ0n) is 11.0. The Morgan fingerprint density at radius 1 is 1.50 bits per heavy atom. The van der Waals surface area contributed by atoms with Gasteiger partial charge in [-0.1, -0.05) is 6.92 Å². The second-order valence-electron chi connectivity index (χ2n) is 5.51. The largest absolute Gasteiger partial charge is 0.362 e. The van der Waals surface area contributed by atoms with Crippen molar-refractivity contribution in [2.24, 2.45) is 5.92 Å². The minimum absolute atomic E-state index is 0.0113. The van der Waals surface area contributed by atoms with Crippen molar-refractivity contribution in [1.29, 1.82) is 0 Å². The van der Waals surface area contributed by atoms with Crippen molar-refractivity contribution >= 4 is 33.3 Å². The van der Waals surface area contributed by atoms with Gasteiger partial charge in [0.05, 0.1) is 10.0 Å². The average Bonchev–Trinajstić information content (AvgIpc) is 2.38. The highest BCUT2D eigenvalue weighted by Gasteiger charge is 2.34. The molecule has 0 saturated heterocycles. The van der Waals surface area contributed by atoms with E-state index in [1.54, 1.807) is 0 Å². The summed E-state index contributed by atoms with van der Waals surface area (Å²) in [6.07, 6.45) is 6.57. The third-order valence-electron chi connectivity index (χ3n) is 3.95. The molecule has 0 aromatic carbocycles. The van der Waals surface area contributed by atoms with Crippen LogP contribution in [0.5, 0.6) is 0 Å². The third kappa shape index (κ3) is 3.00. The normalized spacial score (nSPS) is 28.1. The van der Waals surface area contributed by atoms with Crippen LogP contribution >= 0.6 is 27.5 Å². The van der Waals surface area contributed by atoms with Crippen molar-refractivity contribution in [2.45, 2.75) is 45.1 Å². The molecule has 0 amide bonds. The molecular formula is C14H20BrClN2. The molecule has 100 valence electrons. The first-order valence-electron chi connectivity index (χ1n) is 6.51. The number of nitrogens with zero attached hydrogens (tertiary/aromatic N) is 1. The Hall–Kier alpha value is -0.280. The molecule has 0 bridgehead atoms. The summed E-state index contributed by atoms with van der Waals surface area (Å²) >= 11 is 9.83. The molecule has 2 rings (SSSR count). The van der Waals surface area contributed by atoms with Crippen molar-refractivity contribution in [3.63, 3.8) is 0 Å². The molecule has 1 aliphatic rings. The van der Waals surface area contributed by atoms with Gasteiger partial charge in [-0.15, -0.1) is 11.6 Å². The van der Waals surface area contributed by atoms with Crippen LogP contribution in [0.25, 0.3) is 0 Å². The third-order valence-corrected chi connectivity index (χ3v) is 5.47. The monoisotopic (exact) mass is 330 g/mol. The van der Waals surface area contributed by atoms with Crippen molar-refractivity contribution in [3.8, 4) is 0 Å². The number of alkyl halides is 1. The van der Waals surface area contributed by atoms with Crippen LogP contribution in [0.3, 0.4) is 0 Å². The van der Waals surface area contributed by atoms with Gasteiger partial charge in [0.1, 0.15) is 5.82 Å². The number of hydrogen-bond acceptors (Lipinski definition) is 2. The van der Waals surface area contributed by atoms with E-state index in [-0.39, 0.29) is 5.54 Å². The Labute approximate surface area is 123 Å². The first-order chi connectivity index (χ1) is 8.56. The molecule has 1 heterocycles. The summed E-state index contributed by atoms with van der Waals surface area (Å²) < 4.78 is 1.05. The molecule has 0 aliphatic heterocycles. The Bertz CT molecular complexity index is 414. The predicted molar refractivity (Wildman–Crippen MR) is 81.4 cm³/mol. The number of aromatic nitrogens is 1. The molecule has 4 heteroatoms. The summed E-state index contributed by atoms with van der Waals surface area (Å²) in [4.78, 5) is 4.43. The van der Waals surface area contributed by atoms with Crippen molar-refractivity contribution in [3.05, 3.63) is 22.3 Å². The molecule has 0 radical (unpaired) electrons. The first-order valence-corrected chi connectivity index (χ1v) is 7.84. The number of halogens is 2. The van der Waals surface area contributed by atoms with Crippen LogP contribution in [0.2, 0.25) is 0 Å². The summed E-state index contributed by atoms with van der Waals surface area (Å²) in [5.41, 5.74) is 1.21. The van der Waals surface area contributed by atoms with Crippen molar-refractivity contribution in [1.82, 2.24) is 4.98 Å². The van der Waals surface area contributed by atoms with E-state index in [2.05, 4.69) is 40.1 Å². The summed E-state index contributed by atoms with van der Waals surface area (Å²) in [7, 11) is 0. The zero-order valence-corrected chi connectivity index (χ0v) is 13.3. The number of pyridine rings is 1. The van der Waals surface area contributed by atoms with Gasteiger partial charge in [0.25, 0.3) is 0 Å². The molecule has 1 saturated carbocycles. The molecule has 0 unspecified atom stereocenters. The first kappa shape index (κ1) is 14.1. The van der Waals surface area contributed by atoms with Gasteiger partial charge in [0.15, 0.2) is 0 Å². The van der Waals surface area contributed by atoms with Gasteiger partial charge in [-0.2, -0.15) is 0 Å². The molecule has 1 aromatic heterocycles. The number of hydrogen-bond donors (Lipinski definition) is 1. The molecule has 0 spiro atoms. The van der Waals surface area contributed by atoms with Gasteiger partial charge in [0, 0.05) is 12.1 Å². The average molecular weight is 332 g/mol. The highest BCUT2D eigenvalue weighted by atomic mass is 79.9. The molecule has 1 aliphatic carbocycles. The lowest BCUT2D eigenvalue weighted by Crippen LogP contribution is -2.43. The Morgan fingerprint density at radius 3 is 2.78 bits per heavy atom. The van der Waals surface area contributed by atoms with Crippen LogP contribution in [-0.2, 0) is 0 Å². The zero-order chi connectivity index (χ0) is 13.2. The minimum Gasteiger partial charge on any atom is -0.362 e. The molecule has 1 N–H and O–H groups in total. The maximum Gasteiger partial charge on any atom is 0.141 e. The summed E-state index contributed by atoms with van der Waals surface area (Å²) in [6, 6.07) is 2.01. The SMILES string of the molecule is Cc1ccnc(NC2(CCl)CCC(C)CC2)c1Br. The lowest BCUT2D eigenvalue weighted by molar-refractivity contribution is 0.286. The molecule has 0 atom stereocenters. The van der Waals surface area contributed by atoms with Gasteiger partial charge in [0.2, 0.25) is 0 Å². The minimum atomic E-state index is 0.0113. The van der Waals surface area contributed by atoms with Gasteiger partial charge in [-0.3, -0.25) is 0 Å². The van der Waals surface area contributed by atoms with Crippen molar-refractivity contribution < 1.29 is 0 Å². The summed E-state index contributed by atoms with van der Waals surface area (Å²) in [5.74, 6) is 2.38. The number of aryl methyl sites for hydroxylation is 1. The highest BCUT2D eigenvalue weighted by molar-refractivity contribution is 9.10. The summed E-state index contributed by atoms with van der Waals surface area (Å²) in [6.45, 7) is 4.40. The van der Waals surface area contributed by atoms with Crippen LogP contribution in [-0.4, -0.2) is 16.4 Å². The van der Waals surface area contributed by atoms with Crippen LogP contribution in [0.4, 0.5) is 5.82 Å². The molecule has 2 nitrogen and oxygen atoms in total. The lowest BCUT2D eigenvalue weighted by atomic mass is 9.78. The topological polar surface area (TPSA) is 24.9 Å². The number of rotatable bonds is 3. The number of nitrogens with one attached hydrogen (secondary N) is 1. The maximum atomic E-state index is 6.22. The number of anilines is 1. The maximum absolute atomic E-state index is 6.22. The van der Waals surface area contributed by atoms with E-state index in [1.807, 2.05) is 12.3 Å². The van der Waals surface area contributed by atoms with E-state index in [0.717, 1.165) is 29.1 Å². The van der Waals surface area contributed by atoms with E-state index in [0.29, 0.717) is 5.88 Å². The van der Waals surface area contributed by atoms with Gasteiger partial charge in [-0.25, -0.2) is 4.98 Å². The van der Waals surface area contributed by atoms with Crippen molar-refractivity contribution in [2.75, 3.05) is 11.2 Å². The van der Waals surface area contributed by atoms with Gasteiger partial charge >= 0.3 is 0 Å². The van der Waals surface area contributed by atoms with Crippen LogP contribution in [0.15, 0.2) is 16.7 Å². The fraction of sp³-hybridized carbons (Fsp3) is 0.643. The van der Waals surface area contributed by atoms with Gasteiger partial charge < -0.3 is 5.32 Å². The fourth-order valence-corrected chi connectivity index (χ4v) is 3.15. The van der Waals surface area contributed by atoms with E-state index in [9.17, 15) is 0 Å². The summed E-state index contributed by atoms with van der Waals surface area (Å²) in [5, 5.41) is 3.58. The van der Waals surface area contributed by atoms with Crippen LogP contribution < -0.4 is 5.32 Å². The smallest absolute Gasteiger partial charge is 0.141 e. The Kier molecular flexibility index (Phi) is 4.54. The molecule has 1 fully saturated rings. The predicted octanol–water partition coefficient (Wildman–Crippen LogP) is 4.75. The van der Waals surface area contributed by atoms with E-state index in [1.165, 1.54) is 18.4 Å². The molecule has 18 heavy (non-hydrogen) atoms. The standard InChI is InChI=1S/C14H20BrClN2/c1-10-3-6-14(9-16,7-4-10)18-13-12(15)11(2)5-8-17-13/h5,8,10H,3-4,6-7,9H2,1-2H3,(H,17,18).